The molecule has 0 saturated heterocycles. The van der Waals surface area contributed by atoms with Crippen molar-refractivity contribution in [1.82, 2.24) is 9.97 Å². The third-order valence-electron chi connectivity index (χ3n) is 5.33. The first-order chi connectivity index (χ1) is 14.3. The van der Waals surface area contributed by atoms with Crippen molar-refractivity contribution in [2.75, 3.05) is 11.9 Å². The van der Waals surface area contributed by atoms with Gasteiger partial charge in [-0.15, -0.1) is 0 Å². The minimum Gasteiger partial charge on any atom is -0.291 e. The van der Waals surface area contributed by atoms with Crippen LogP contribution in [0.5, 0.6) is 0 Å². The maximum Gasteiger partial charge on any atom is 0.249 e. The number of benzene rings is 1. The Labute approximate surface area is 179 Å². The lowest BCUT2D eigenvalue weighted by Crippen LogP contribution is -2.33. The van der Waals surface area contributed by atoms with Gasteiger partial charge in [-0.1, -0.05) is 29.5 Å². The molecule has 0 aliphatic heterocycles. The van der Waals surface area contributed by atoms with E-state index in [1.54, 1.807) is 20.2 Å². The quantitative estimate of drug-likeness (QED) is 0.668. The Morgan fingerprint density at radius 1 is 1.27 bits per heavy atom. The van der Waals surface area contributed by atoms with Gasteiger partial charge in [0.25, 0.3) is 0 Å². The standard InChI is InChI=1S/C21H22N4O3S2/c1-13-20(30(22,27)28)29-21(24-13)25(2)19(26)17-7-5-6-14-12-15(9-10-16(14)17)18-8-3-4-11-23-18/h3-4,8-12,17H,5-7H2,1-2H3,(H2,22,27,28)/t17-/m1/s1. The number of aryl methyl sites for hydroxylation is 2. The largest absolute Gasteiger partial charge is 0.291 e. The molecule has 0 fully saturated rings. The van der Waals surface area contributed by atoms with Crippen molar-refractivity contribution in [2.45, 2.75) is 36.3 Å². The van der Waals surface area contributed by atoms with E-state index in [1.807, 2.05) is 30.3 Å². The van der Waals surface area contributed by atoms with Gasteiger partial charge in [0, 0.05) is 18.8 Å². The number of carbonyl (C=O) groups excluding carboxylic acids is 1. The fourth-order valence-electron chi connectivity index (χ4n) is 3.87. The molecule has 7 nitrogen and oxygen atoms in total. The number of aromatic nitrogens is 2. The topological polar surface area (TPSA) is 106 Å². The summed E-state index contributed by atoms with van der Waals surface area (Å²) < 4.78 is 23.4. The van der Waals surface area contributed by atoms with Gasteiger partial charge in [-0.2, -0.15) is 0 Å². The maximum absolute atomic E-state index is 13.3. The first kappa shape index (κ1) is 20.6. The first-order valence-electron chi connectivity index (χ1n) is 9.57. The predicted molar refractivity (Wildman–Crippen MR) is 117 cm³/mol. The molecule has 2 aromatic heterocycles. The van der Waals surface area contributed by atoms with Crippen LogP contribution in [0.3, 0.4) is 0 Å². The van der Waals surface area contributed by atoms with Gasteiger partial charge in [0.15, 0.2) is 9.34 Å². The Morgan fingerprint density at radius 2 is 2.07 bits per heavy atom. The third-order valence-corrected chi connectivity index (χ3v) is 8.12. The number of hydrogen-bond acceptors (Lipinski definition) is 6. The summed E-state index contributed by atoms with van der Waals surface area (Å²) in [6.45, 7) is 1.58. The van der Waals surface area contributed by atoms with Crippen LogP contribution in [-0.2, 0) is 21.2 Å². The number of primary sulfonamides is 1. The summed E-state index contributed by atoms with van der Waals surface area (Å²) in [5.74, 6) is -0.394. The summed E-state index contributed by atoms with van der Waals surface area (Å²) in [4.78, 5) is 23.4. The number of carbonyl (C=O) groups is 1. The molecule has 2 heterocycles. The van der Waals surface area contributed by atoms with E-state index in [0.717, 1.165) is 53.0 Å². The van der Waals surface area contributed by atoms with Gasteiger partial charge in [-0.05, 0) is 55.5 Å². The summed E-state index contributed by atoms with van der Waals surface area (Å²) in [6.07, 6.45) is 4.32. The number of hydrogen-bond donors (Lipinski definition) is 1. The Bertz CT molecular complexity index is 1210. The lowest BCUT2D eigenvalue weighted by atomic mass is 9.81. The molecule has 0 bridgehead atoms. The highest BCUT2D eigenvalue weighted by Crippen LogP contribution is 2.37. The molecule has 4 rings (SSSR count). The normalized spacial score (nSPS) is 16.2. The number of nitrogens with two attached hydrogens (primary N) is 1. The van der Waals surface area contributed by atoms with E-state index in [0.29, 0.717) is 10.8 Å². The summed E-state index contributed by atoms with van der Waals surface area (Å²) in [5, 5.41) is 5.58. The number of thiazole rings is 1. The molecule has 3 aromatic rings. The smallest absolute Gasteiger partial charge is 0.249 e. The van der Waals surface area contributed by atoms with Gasteiger partial charge in [-0.3, -0.25) is 14.7 Å². The Kier molecular flexibility index (Phi) is 5.44. The van der Waals surface area contributed by atoms with Gasteiger partial charge in [0.05, 0.1) is 17.3 Å². The SMILES string of the molecule is Cc1nc(N(C)C(=O)[C@@H]2CCCc3cc(-c4ccccn4)ccc32)sc1S(N)(=O)=O. The van der Waals surface area contributed by atoms with Crippen molar-refractivity contribution >= 4 is 32.4 Å². The first-order valence-corrected chi connectivity index (χ1v) is 11.9. The van der Waals surface area contributed by atoms with Crippen molar-refractivity contribution in [1.29, 1.82) is 0 Å². The molecule has 156 valence electrons. The summed E-state index contributed by atoms with van der Waals surface area (Å²) >= 11 is 0.921. The van der Waals surface area contributed by atoms with Crippen LogP contribution in [0.15, 0.2) is 46.8 Å². The molecule has 0 spiro atoms. The second-order valence-corrected chi connectivity index (χ2v) is 10.1. The molecule has 0 unspecified atom stereocenters. The molecule has 0 radical (unpaired) electrons. The number of amides is 1. The highest BCUT2D eigenvalue weighted by molar-refractivity contribution is 7.91. The van der Waals surface area contributed by atoms with Crippen molar-refractivity contribution in [3.63, 3.8) is 0 Å². The molecule has 1 aromatic carbocycles. The molecular formula is C21H22N4O3S2. The van der Waals surface area contributed by atoms with E-state index in [9.17, 15) is 13.2 Å². The van der Waals surface area contributed by atoms with E-state index in [-0.39, 0.29) is 16.0 Å². The minimum atomic E-state index is -3.86. The van der Waals surface area contributed by atoms with Crippen molar-refractivity contribution < 1.29 is 13.2 Å². The van der Waals surface area contributed by atoms with Crippen molar-refractivity contribution in [3.05, 3.63) is 59.4 Å². The average molecular weight is 443 g/mol. The molecule has 2 N–H and O–H groups in total. The zero-order valence-corrected chi connectivity index (χ0v) is 18.3. The molecule has 1 aliphatic rings. The monoisotopic (exact) mass is 442 g/mol. The van der Waals surface area contributed by atoms with E-state index >= 15 is 0 Å². The average Bonchev–Trinajstić information content (AvgIpc) is 3.14. The maximum atomic E-state index is 13.3. The van der Waals surface area contributed by atoms with Gasteiger partial charge < -0.3 is 0 Å². The molecular weight excluding hydrogens is 420 g/mol. The molecule has 9 heteroatoms. The number of pyridine rings is 1. The van der Waals surface area contributed by atoms with Gasteiger partial charge >= 0.3 is 0 Å². The van der Waals surface area contributed by atoms with Crippen LogP contribution in [0.25, 0.3) is 11.3 Å². The molecule has 30 heavy (non-hydrogen) atoms. The van der Waals surface area contributed by atoms with Crippen LogP contribution >= 0.6 is 11.3 Å². The van der Waals surface area contributed by atoms with Crippen LogP contribution in [0.4, 0.5) is 5.13 Å². The number of fused-ring (bicyclic) bond motifs is 1. The lowest BCUT2D eigenvalue weighted by Gasteiger charge is -2.28. The fourth-order valence-corrected chi connectivity index (χ4v) is 5.78. The minimum absolute atomic E-state index is 0.0128. The van der Waals surface area contributed by atoms with Crippen molar-refractivity contribution in [2.24, 2.45) is 5.14 Å². The highest BCUT2D eigenvalue weighted by atomic mass is 32.2. The zero-order chi connectivity index (χ0) is 21.5. The molecule has 1 atom stereocenters. The van der Waals surface area contributed by atoms with E-state index < -0.39 is 10.0 Å². The van der Waals surface area contributed by atoms with E-state index in [1.165, 1.54) is 4.90 Å². The van der Waals surface area contributed by atoms with Crippen LogP contribution in [0.1, 0.15) is 35.6 Å². The second-order valence-electron chi connectivity index (χ2n) is 7.38. The number of likely N-dealkylation sites (N-methyl/N-ethyl adjacent to an activating group) is 1. The second kappa shape index (κ2) is 7.90. The predicted octanol–water partition coefficient (Wildman–Crippen LogP) is 3.24. The lowest BCUT2D eigenvalue weighted by molar-refractivity contribution is -0.120. The molecule has 0 saturated carbocycles. The zero-order valence-electron chi connectivity index (χ0n) is 16.7. The summed E-state index contributed by atoms with van der Waals surface area (Å²) in [5.41, 5.74) is 4.40. The third kappa shape index (κ3) is 3.88. The van der Waals surface area contributed by atoms with Crippen LogP contribution in [0, 0.1) is 6.92 Å². The van der Waals surface area contributed by atoms with Crippen LogP contribution < -0.4 is 10.0 Å². The molecule has 1 amide bonds. The van der Waals surface area contributed by atoms with Crippen LogP contribution in [-0.4, -0.2) is 31.3 Å². The Hall–Kier alpha value is -2.62. The number of nitrogens with zero attached hydrogens (tertiary/aromatic N) is 3. The van der Waals surface area contributed by atoms with Crippen molar-refractivity contribution in [3.8, 4) is 11.3 Å². The van der Waals surface area contributed by atoms with E-state index in [2.05, 4.69) is 16.0 Å². The summed E-state index contributed by atoms with van der Waals surface area (Å²) in [7, 11) is -2.24. The Morgan fingerprint density at radius 3 is 2.73 bits per heavy atom. The van der Waals surface area contributed by atoms with Gasteiger partial charge in [-0.25, -0.2) is 18.5 Å². The summed E-state index contributed by atoms with van der Waals surface area (Å²) in [6, 6.07) is 11.9. The number of sulfonamides is 1. The number of anilines is 1. The van der Waals surface area contributed by atoms with Crippen LogP contribution in [0.2, 0.25) is 0 Å². The Balaban J connectivity index is 1.64. The van der Waals surface area contributed by atoms with Gasteiger partial charge in [0.2, 0.25) is 15.9 Å². The number of rotatable bonds is 4. The fraction of sp³-hybridized carbons (Fsp3) is 0.286. The van der Waals surface area contributed by atoms with Gasteiger partial charge in [0.1, 0.15) is 0 Å². The van der Waals surface area contributed by atoms with E-state index in [4.69, 9.17) is 5.14 Å². The molecule has 1 aliphatic carbocycles. The highest BCUT2D eigenvalue weighted by Gasteiger charge is 2.31.